The molecule has 2 aromatic carbocycles. The number of amides is 1. The van der Waals surface area contributed by atoms with E-state index in [0.717, 1.165) is 54.8 Å². The molecule has 0 aliphatic carbocycles. The number of aromatic nitrogens is 2. The second-order valence-electron chi connectivity index (χ2n) is 8.05. The average Bonchev–Trinajstić information content (AvgIpc) is 2.79. The van der Waals surface area contributed by atoms with Crippen LogP contribution in [0.5, 0.6) is 0 Å². The van der Waals surface area contributed by atoms with Crippen molar-refractivity contribution in [3.8, 4) is 5.69 Å². The molecule has 1 fully saturated rings. The fourth-order valence-corrected chi connectivity index (χ4v) is 4.16. The maximum Gasteiger partial charge on any atom is 0.407 e. The van der Waals surface area contributed by atoms with Crippen molar-refractivity contribution in [1.82, 2.24) is 14.5 Å². The SMILES string of the molecule is CCCCc1nc2ccccc2c(=O)n1-c1ccc(N[C@@H]2CCCN(C(=O)O)C2)cc1. The lowest BCUT2D eigenvalue weighted by Gasteiger charge is -2.31. The highest BCUT2D eigenvalue weighted by Gasteiger charge is 2.23. The first-order valence-electron chi connectivity index (χ1n) is 10.9. The van der Waals surface area contributed by atoms with Gasteiger partial charge in [-0.15, -0.1) is 0 Å². The summed E-state index contributed by atoms with van der Waals surface area (Å²) in [5, 5.41) is 13.3. The van der Waals surface area contributed by atoms with E-state index in [1.54, 1.807) is 4.57 Å². The van der Waals surface area contributed by atoms with Gasteiger partial charge in [-0.3, -0.25) is 9.36 Å². The van der Waals surface area contributed by atoms with Crippen LogP contribution in [-0.2, 0) is 6.42 Å². The third kappa shape index (κ3) is 4.55. The minimum atomic E-state index is -0.871. The van der Waals surface area contributed by atoms with E-state index in [2.05, 4.69) is 12.2 Å². The zero-order chi connectivity index (χ0) is 21.8. The maximum atomic E-state index is 13.3. The van der Waals surface area contributed by atoms with Gasteiger partial charge in [-0.1, -0.05) is 25.5 Å². The molecule has 1 atom stereocenters. The number of carboxylic acid groups (broad SMARTS) is 1. The number of hydrogen-bond donors (Lipinski definition) is 2. The molecule has 162 valence electrons. The molecule has 1 aromatic heterocycles. The van der Waals surface area contributed by atoms with Crippen LogP contribution >= 0.6 is 0 Å². The van der Waals surface area contributed by atoms with Gasteiger partial charge in [0.15, 0.2) is 0 Å². The first-order valence-corrected chi connectivity index (χ1v) is 10.9. The summed E-state index contributed by atoms with van der Waals surface area (Å²) in [5.74, 6) is 0.774. The van der Waals surface area contributed by atoms with Crippen molar-refractivity contribution in [2.45, 2.75) is 45.1 Å². The van der Waals surface area contributed by atoms with Gasteiger partial charge in [0.2, 0.25) is 0 Å². The van der Waals surface area contributed by atoms with E-state index in [1.807, 2.05) is 48.5 Å². The lowest BCUT2D eigenvalue weighted by molar-refractivity contribution is 0.133. The van der Waals surface area contributed by atoms with E-state index in [9.17, 15) is 14.7 Å². The molecule has 1 aliphatic heterocycles. The Hall–Kier alpha value is -3.35. The quantitative estimate of drug-likeness (QED) is 0.621. The van der Waals surface area contributed by atoms with Gasteiger partial charge in [0.05, 0.1) is 16.6 Å². The third-order valence-corrected chi connectivity index (χ3v) is 5.79. The predicted octanol–water partition coefficient (Wildman–Crippen LogP) is 4.28. The normalized spacial score (nSPS) is 16.4. The molecular weight excluding hydrogens is 392 g/mol. The standard InChI is InChI=1S/C24H28N4O3/c1-2-3-10-22-26-21-9-5-4-8-20(21)23(29)28(22)19-13-11-17(12-14-19)25-18-7-6-15-27(16-18)24(30)31/h4-5,8-9,11-14,18,25H,2-3,6-7,10,15-16H2,1H3,(H,30,31)/t18-/m1/s1. The average molecular weight is 421 g/mol. The molecule has 0 spiro atoms. The second-order valence-corrected chi connectivity index (χ2v) is 8.05. The lowest BCUT2D eigenvalue weighted by Crippen LogP contribution is -2.44. The van der Waals surface area contributed by atoms with Crippen molar-refractivity contribution in [1.29, 1.82) is 0 Å². The minimum absolute atomic E-state index is 0.0539. The summed E-state index contributed by atoms with van der Waals surface area (Å²) in [4.78, 5) is 30.7. The van der Waals surface area contributed by atoms with Gasteiger partial charge < -0.3 is 15.3 Å². The molecule has 2 N–H and O–H groups in total. The van der Waals surface area contributed by atoms with Gasteiger partial charge in [0.25, 0.3) is 5.56 Å². The van der Waals surface area contributed by atoms with Gasteiger partial charge in [0, 0.05) is 31.2 Å². The molecule has 4 rings (SSSR count). The van der Waals surface area contributed by atoms with Gasteiger partial charge >= 0.3 is 6.09 Å². The van der Waals surface area contributed by atoms with Gasteiger partial charge in [-0.2, -0.15) is 0 Å². The summed E-state index contributed by atoms with van der Waals surface area (Å²) in [6, 6.07) is 15.3. The molecule has 31 heavy (non-hydrogen) atoms. The van der Waals surface area contributed by atoms with E-state index in [-0.39, 0.29) is 11.6 Å². The second kappa shape index (κ2) is 9.20. The summed E-state index contributed by atoms with van der Waals surface area (Å²) in [6.07, 6.45) is 3.64. The molecule has 7 nitrogen and oxygen atoms in total. The van der Waals surface area contributed by atoms with Crippen LogP contribution in [0.4, 0.5) is 10.5 Å². The van der Waals surface area contributed by atoms with E-state index < -0.39 is 6.09 Å². The van der Waals surface area contributed by atoms with Crippen molar-refractivity contribution in [3.05, 3.63) is 64.7 Å². The number of benzene rings is 2. The monoisotopic (exact) mass is 420 g/mol. The molecule has 0 radical (unpaired) electrons. The molecular formula is C24H28N4O3. The number of likely N-dealkylation sites (tertiary alicyclic amines) is 1. The van der Waals surface area contributed by atoms with Crippen molar-refractivity contribution < 1.29 is 9.90 Å². The first-order chi connectivity index (χ1) is 15.1. The largest absolute Gasteiger partial charge is 0.465 e. The predicted molar refractivity (Wildman–Crippen MR) is 122 cm³/mol. The molecule has 0 bridgehead atoms. The summed E-state index contributed by atoms with van der Waals surface area (Å²) >= 11 is 0. The molecule has 1 amide bonds. The summed E-state index contributed by atoms with van der Waals surface area (Å²) in [5.41, 5.74) is 2.38. The Balaban J connectivity index is 1.62. The summed E-state index contributed by atoms with van der Waals surface area (Å²) in [7, 11) is 0. The Morgan fingerprint density at radius 1 is 1.19 bits per heavy atom. The van der Waals surface area contributed by atoms with E-state index in [4.69, 9.17) is 4.98 Å². The number of aryl methyl sites for hydroxylation is 1. The number of fused-ring (bicyclic) bond motifs is 1. The highest BCUT2D eigenvalue weighted by Crippen LogP contribution is 2.20. The molecule has 2 heterocycles. The number of unbranched alkanes of at least 4 members (excludes halogenated alkanes) is 1. The molecule has 1 aliphatic rings. The number of rotatable bonds is 6. The zero-order valence-corrected chi connectivity index (χ0v) is 17.8. The number of anilines is 1. The lowest BCUT2D eigenvalue weighted by atomic mass is 10.1. The number of piperidine rings is 1. The molecule has 1 saturated heterocycles. The summed E-state index contributed by atoms with van der Waals surface area (Å²) in [6.45, 7) is 3.19. The number of carbonyl (C=O) groups is 1. The highest BCUT2D eigenvalue weighted by atomic mass is 16.4. The van der Waals surface area contributed by atoms with Crippen LogP contribution < -0.4 is 10.9 Å². The van der Waals surface area contributed by atoms with Crippen molar-refractivity contribution in [2.75, 3.05) is 18.4 Å². The van der Waals surface area contributed by atoms with Crippen LogP contribution in [0.2, 0.25) is 0 Å². The van der Waals surface area contributed by atoms with E-state index in [1.165, 1.54) is 4.90 Å². The van der Waals surface area contributed by atoms with Gasteiger partial charge in [-0.25, -0.2) is 9.78 Å². The Bertz CT molecular complexity index is 1120. The van der Waals surface area contributed by atoms with Gasteiger partial charge in [0.1, 0.15) is 5.82 Å². The Morgan fingerprint density at radius 3 is 2.71 bits per heavy atom. The van der Waals surface area contributed by atoms with Gasteiger partial charge in [-0.05, 0) is 55.7 Å². The topological polar surface area (TPSA) is 87.5 Å². The number of nitrogens with one attached hydrogen (secondary N) is 1. The zero-order valence-electron chi connectivity index (χ0n) is 17.8. The Kier molecular flexibility index (Phi) is 6.21. The smallest absolute Gasteiger partial charge is 0.407 e. The molecule has 0 unspecified atom stereocenters. The third-order valence-electron chi connectivity index (χ3n) is 5.79. The van der Waals surface area contributed by atoms with Crippen molar-refractivity contribution in [2.24, 2.45) is 0 Å². The number of nitrogens with zero attached hydrogens (tertiary/aromatic N) is 3. The Labute approximate surface area is 181 Å². The highest BCUT2D eigenvalue weighted by molar-refractivity contribution is 5.77. The molecule has 7 heteroatoms. The van der Waals surface area contributed by atoms with Crippen molar-refractivity contribution >= 4 is 22.7 Å². The summed E-state index contributed by atoms with van der Waals surface area (Å²) < 4.78 is 1.72. The Morgan fingerprint density at radius 2 is 1.97 bits per heavy atom. The molecule has 0 saturated carbocycles. The fourth-order valence-electron chi connectivity index (χ4n) is 4.16. The fraction of sp³-hybridized carbons (Fsp3) is 0.375. The number of hydrogen-bond acceptors (Lipinski definition) is 4. The maximum absolute atomic E-state index is 13.3. The van der Waals surface area contributed by atoms with Crippen LogP contribution in [0.15, 0.2) is 53.3 Å². The first kappa shape index (κ1) is 20.9. The van der Waals surface area contributed by atoms with Crippen LogP contribution in [-0.4, -0.2) is 44.8 Å². The number of para-hydroxylation sites is 1. The van der Waals surface area contributed by atoms with Crippen LogP contribution in [0, 0.1) is 0 Å². The molecule has 3 aromatic rings. The van der Waals surface area contributed by atoms with E-state index in [0.29, 0.717) is 18.5 Å². The minimum Gasteiger partial charge on any atom is -0.465 e. The van der Waals surface area contributed by atoms with Crippen LogP contribution in [0.3, 0.4) is 0 Å². The van der Waals surface area contributed by atoms with Crippen molar-refractivity contribution in [3.63, 3.8) is 0 Å². The van der Waals surface area contributed by atoms with E-state index >= 15 is 0 Å². The van der Waals surface area contributed by atoms with Crippen LogP contribution in [0.25, 0.3) is 16.6 Å². The van der Waals surface area contributed by atoms with Crippen LogP contribution in [0.1, 0.15) is 38.4 Å².